The monoisotopic (exact) mass is 513 g/mol. The van der Waals surface area contributed by atoms with E-state index in [4.69, 9.17) is 4.74 Å². The largest absolute Gasteiger partial charge is 0.480 e. The van der Waals surface area contributed by atoms with Crippen LogP contribution in [-0.2, 0) is 16.0 Å². The van der Waals surface area contributed by atoms with Gasteiger partial charge in [0.15, 0.2) is 0 Å². The molecule has 1 aliphatic carbocycles. The summed E-state index contributed by atoms with van der Waals surface area (Å²) < 4.78 is 5.56. The summed E-state index contributed by atoms with van der Waals surface area (Å²) in [6, 6.07) is 37.3. The first-order chi connectivity index (χ1) is 19.1. The van der Waals surface area contributed by atoms with Crippen LogP contribution in [0.25, 0.3) is 33.0 Å². The van der Waals surface area contributed by atoms with Crippen LogP contribution in [0.2, 0.25) is 0 Å². The Bertz CT molecular complexity index is 1620. The van der Waals surface area contributed by atoms with Gasteiger partial charge in [0.05, 0.1) is 0 Å². The number of carbonyl (C=O) groups excluding carboxylic acids is 1. The van der Waals surface area contributed by atoms with E-state index in [0.29, 0.717) is 0 Å². The molecule has 0 aromatic heterocycles. The zero-order chi connectivity index (χ0) is 26.8. The number of hydrogen-bond donors (Lipinski definition) is 2. The number of hydrogen-bond acceptors (Lipinski definition) is 3. The Balaban J connectivity index is 1.12. The van der Waals surface area contributed by atoms with Gasteiger partial charge in [-0.05, 0) is 49.7 Å². The minimum Gasteiger partial charge on any atom is -0.480 e. The van der Waals surface area contributed by atoms with Gasteiger partial charge in [-0.15, -0.1) is 0 Å². The first-order valence-electron chi connectivity index (χ1n) is 13.0. The standard InChI is InChI=1S/C34H27NO4/c36-33(37)32(20-22-16-18-24(19-17-22)26-15-7-9-23-8-1-2-10-25(23)26)35-34(38)39-21-31-29-13-5-3-11-27(29)28-12-4-6-14-30(28)31/h1-19,31-32H,20-21H2,(H,35,38)(H,36,37). The first kappa shape index (κ1) is 24.4. The molecule has 5 nitrogen and oxygen atoms in total. The Morgan fingerprint density at radius 2 is 1.31 bits per heavy atom. The number of benzene rings is 5. The maximum Gasteiger partial charge on any atom is 0.407 e. The van der Waals surface area contributed by atoms with E-state index in [1.807, 2.05) is 78.9 Å². The number of carbonyl (C=O) groups is 2. The summed E-state index contributed by atoms with van der Waals surface area (Å²) >= 11 is 0. The summed E-state index contributed by atoms with van der Waals surface area (Å²) in [6.45, 7) is 0.131. The Labute approximate surface area is 226 Å². The molecule has 5 heteroatoms. The number of carboxylic acids is 1. The van der Waals surface area contributed by atoms with E-state index in [1.165, 1.54) is 0 Å². The van der Waals surface area contributed by atoms with Gasteiger partial charge in [-0.3, -0.25) is 0 Å². The van der Waals surface area contributed by atoms with Crippen molar-refractivity contribution >= 4 is 22.8 Å². The van der Waals surface area contributed by atoms with Crippen molar-refractivity contribution < 1.29 is 19.4 Å². The van der Waals surface area contributed by atoms with Crippen LogP contribution in [0, 0.1) is 0 Å². The number of nitrogens with one attached hydrogen (secondary N) is 1. The molecule has 1 atom stereocenters. The molecule has 0 spiro atoms. The van der Waals surface area contributed by atoms with Crippen molar-refractivity contribution in [2.75, 3.05) is 6.61 Å². The van der Waals surface area contributed by atoms with Crippen LogP contribution < -0.4 is 5.32 Å². The highest BCUT2D eigenvalue weighted by atomic mass is 16.5. The predicted molar refractivity (Wildman–Crippen MR) is 153 cm³/mol. The van der Waals surface area contributed by atoms with Crippen molar-refractivity contribution in [3.05, 3.63) is 132 Å². The molecular weight excluding hydrogens is 486 g/mol. The summed E-state index contributed by atoms with van der Waals surface area (Å²) in [5.74, 6) is -1.20. The lowest BCUT2D eigenvalue weighted by atomic mass is 9.96. The van der Waals surface area contributed by atoms with Crippen molar-refractivity contribution in [3.63, 3.8) is 0 Å². The molecule has 0 bridgehead atoms. The van der Waals surface area contributed by atoms with Crippen LogP contribution in [-0.4, -0.2) is 29.8 Å². The summed E-state index contributed by atoms with van der Waals surface area (Å²) in [7, 11) is 0. The minimum absolute atomic E-state index is 0.0898. The number of carboxylic acid groups (broad SMARTS) is 1. The lowest BCUT2D eigenvalue weighted by Crippen LogP contribution is -2.42. The Morgan fingerprint density at radius 3 is 2.00 bits per heavy atom. The maximum atomic E-state index is 12.7. The van der Waals surface area contributed by atoms with Crippen LogP contribution in [0.5, 0.6) is 0 Å². The smallest absolute Gasteiger partial charge is 0.407 e. The first-order valence-corrected chi connectivity index (χ1v) is 13.0. The summed E-state index contributed by atoms with van der Waals surface area (Å²) in [6.07, 6.45) is -0.591. The predicted octanol–water partition coefficient (Wildman–Crippen LogP) is 7.04. The normalized spacial score (nSPS) is 12.9. The van der Waals surface area contributed by atoms with E-state index in [0.717, 1.165) is 49.7 Å². The minimum atomic E-state index is -1.11. The lowest BCUT2D eigenvalue weighted by molar-refractivity contribution is -0.139. The van der Waals surface area contributed by atoms with Crippen molar-refractivity contribution in [2.45, 2.75) is 18.4 Å². The Morgan fingerprint density at radius 1 is 0.718 bits per heavy atom. The molecule has 0 aliphatic heterocycles. The third kappa shape index (κ3) is 4.87. The Kier molecular flexibility index (Phi) is 6.55. The topological polar surface area (TPSA) is 75.6 Å². The average Bonchev–Trinajstić information content (AvgIpc) is 3.29. The molecule has 0 saturated carbocycles. The maximum absolute atomic E-state index is 12.7. The van der Waals surface area contributed by atoms with E-state index in [-0.39, 0.29) is 18.9 Å². The number of aliphatic carboxylic acids is 1. The van der Waals surface area contributed by atoms with E-state index in [2.05, 4.69) is 41.7 Å². The van der Waals surface area contributed by atoms with E-state index in [1.54, 1.807) is 0 Å². The van der Waals surface area contributed by atoms with Crippen LogP contribution in [0.1, 0.15) is 22.6 Å². The van der Waals surface area contributed by atoms with Crippen LogP contribution in [0.15, 0.2) is 115 Å². The van der Waals surface area contributed by atoms with E-state index >= 15 is 0 Å². The van der Waals surface area contributed by atoms with Crippen LogP contribution >= 0.6 is 0 Å². The van der Waals surface area contributed by atoms with Crippen molar-refractivity contribution in [3.8, 4) is 22.3 Å². The second kappa shape index (κ2) is 10.5. The van der Waals surface area contributed by atoms with Gasteiger partial charge >= 0.3 is 12.1 Å². The fourth-order valence-electron chi connectivity index (χ4n) is 5.52. The molecule has 1 amide bonds. The molecule has 5 aromatic rings. The van der Waals surface area contributed by atoms with Gasteiger partial charge in [0.2, 0.25) is 0 Å². The number of fused-ring (bicyclic) bond motifs is 4. The molecule has 6 rings (SSSR count). The van der Waals surface area contributed by atoms with Gasteiger partial charge in [0.1, 0.15) is 12.6 Å². The molecule has 39 heavy (non-hydrogen) atoms. The highest BCUT2D eigenvalue weighted by Crippen LogP contribution is 2.44. The molecule has 1 aliphatic rings. The molecule has 0 heterocycles. The van der Waals surface area contributed by atoms with Gasteiger partial charge in [0.25, 0.3) is 0 Å². The van der Waals surface area contributed by atoms with Crippen LogP contribution in [0.3, 0.4) is 0 Å². The molecular formula is C34H27NO4. The van der Waals surface area contributed by atoms with E-state index in [9.17, 15) is 14.7 Å². The van der Waals surface area contributed by atoms with Crippen molar-refractivity contribution in [1.29, 1.82) is 0 Å². The fraction of sp³-hybridized carbons (Fsp3) is 0.118. The molecule has 192 valence electrons. The van der Waals surface area contributed by atoms with Gasteiger partial charge in [-0.25, -0.2) is 9.59 Å². The fourth-order valence-corrected chi connectivity index (χ4v) is 5.52. The molecule has 2 N–H and O–H groups in total. The van der Waals surface area contributed by atoms with Crippen molar-refractivity contribution in [1.82, 2.24) is 5.32 Å². The number of amides is 1. The van der Waals surface area contributed by atoms with Gasteiger partial charge in [-0.1, -0.05) is 115 Å². The number of alkyl carbamates (subject to hydrolysis) is 1. The zero-order valence-electron chi connectivity index (χ0n) is 21.2. The molecule has 0 radical (unpaired) electrons. The van der Waals surface area contributed by atoms with Crippen molar-refractivity contribution in [2.24, 2.45) is 0 Å². The summed E-state index contributed by atoms with van der Waals surface area (Å²) in [5, 5.41) is 14.7. The SMILES string of the molecule is O=C(NC(Cc1ccc(-c2cccc3ccccc23)cc1)C(=O)O)OCC1c2ccccc2-c2ccccc21. The average molecular weight is 514 g/mol. The second-order valence-corrected chi connectivity index (χ2v) is 9.79. The third-order valence-electron chi connectivity index (χ3n) is 7.43. The molecule has 1 unspecified atom stereocenters. The number of rotatable bonds is 7. The Hall–Kier alpha value is -4.90. The highest BCUT2D eigenvalue weighted by Gasteiger charge is 2.29. The molecule has 5 aromatic carbocycles. The number of ether oxygens (including phenoxy) is 1. The van der Waals surface area contributed by atoms with Crippen LogP contribution in [0.4, 0.5) is 4.79 Å². The second-order valence-electron chi connectivity index (χ2n) is 9.79. The molecule has 0 saturated heterocycles. The van der Waals surface area contributed by atoms with Gasteiger partial charge < -0.3 is 15.2 Å². The quantitative estimate of drug-likeness (QED) is 0.245. The highest BCUT2D eigenvalue weighted by molar-refractivity contribution is 5.96. The third-order valence-corrected chi connectivity index (χ3v) is 7.43. The lowest BCUT2D eigenvalue weighted by Gasteiger charge is -2.18. The summed E-state index contributed by atoms with van der Waals surface area (Å²) in [5.41, 5.74) is 7.46. The zero-order valence-corrected chi connectivity index (χ0v) is 21.2. The summed E-state index contributed by atoms with van der Waals surface area (Å²) in [4.78, 5) is 24.7. The molecule has 0 fully saturated rings. The van der Waals surface area contributed by atoms with Gasteiger partial charge in [-0.2, -0.15) is 0 Å². The van der Waals surface area contributed by atoms with E-state index < -0.39 is 18.1 Å². The van der Waals surface area contributed by atoms with Gasteiger partial charge in [0, 0.05) is 12.3 Å².